The smallest absolute Gasteiger partial charge is 0.339 e. The molecule has 0 saturated carbocycles. The number of nitrogens with zero attached hydrogens (tertiary/aromatic N) is 1. The van der Waals surface area contributed by atoms with Gasteiger partial charge in [-0.15, -0.1) is 0 Å². The minimum Gasteiger partial charge on any atom is -0.497 e. The van der Waals surface area contributed by atoms with Gasteiger partial charge in [0.25, 0.3) is 0 Å². The largest absolute Gasteiger partial charge is 0.497 e. The zero-order chi connectivity index (χ0) is 20.0. The molecule has 0 bridgehead atoms. The molecule has 2 aliphatic rings. The monoisotopic (exact) mass is 411 g/mol. The van der Waals surface area contributed by atoms with E-state index in [2.05, 4.69) is 11.0 Å². The van der Waals surface area contributed by atoms with Crippen LogP contribution in [0.3, 0.4) is 0 Å². The Balaban J connectivity index is 1.46. The molecule has 0 saturated heterocycles. The molecule has 1 aromatic heterocycles. The van der Waals surface area contributed by atoms with Crippen molar-refractivity contribution in [1.29, 1.82) is 0 Å². The summed E-state index contributed by atoms with van der Waals surface area (Å²) in [7, 11) is 1.67. The Morgan fingerprint density at radius 3 is 2.90 bits per heavy atom. The second kappa shape index (κ2) is 7.39. The average Bonchev–Trinajstić information content (AvgIpc) is 3.24. The average molecular weight is 412 g/mol. The van der Waals surface area contributed by atoms with Gasteiger partial charge in [-0.25, -0.2) is 4.79 Å². The zero-order valence-electron chi connectivity index (χ0n) is 16.3. The predicted octanol–water partition coefficient (Wildman–Crippen LogP) is 4.34. The number of ether oxygens (including phenoxy) is 2. The lowest BCUT2D eigenvalue weighted by Gasteiger charge is -2.30. The van der Waals surface area contributed by atoms with Crippen molar-refractivity contribution in [2.45, 2.75) is 32.2 Å². The van der Waals surface area contributed by atoms with Crippen molar-refractivity contribution in [3.8, 4) is 11.5 Å². The van der Waals surface area contributed by atoms with Crippen LogP contribution in [0.4, 0.5) is 0 Å². The molecule has 0 N–H and O–H groups in total. The molecule has 5 rings (SSSR count). The molecule has 29 heavy (non-hydrogen) atoms. The standard InChI is InChI=1S/C23H22ClNO4/c1-27-15-5-2-4-14(10-15)8-9-25-12-19-21-18(11-20(24)22(19)28-13-25)16-6-3-7-17(16)23(26)29-21/h2,4-5,10-11H,3,6-9,12-13H2,1H3. The van der Waals surface area contributed by atoms with Gasteiger partial charge in [0.05, 0.1) is 17.7 Å². The van der Waals surface area contributed by atoms with Gasteiger partial charge in [0.1, 0.15) is 23.8 Å². The van der Waals surface area contributed by atoms with Crippen LogP contribution in [0.15, 0.2) is 39.5 Å². The molecule has 5 nitrogen and oxygen atoms in total. The number of methoxy groups -OCH3 is 1. The summed E-state index contributed by atoms with van der Waals surface area (Å²) in [6, 6.07) is 9.98. The maximum absolute atomic E-state index is 12.5. The van der Waals surface area contributed by atoms with Crippen molar-refractivity contribution in [3.05, 3.63) is 68.0 Å². The molecule has 0 spiro atoms. The minimum absolute atomic E-state index is 0.219. The number of aryl methyl sites for hydroxylation is 1. The summed E-state index contributed by atoms with van der Waals surface area (Å²) in [5.74, 6) is 1.49. The van der Waals surface area contributed by atoms with Crippen molar-refractivity contribution in [1.82, 2.24) is 4.90 Å². The van der Waals surface area contributed by atoms with Gasteiger partial charge >= 0.3 is 5.63 Å². The lowest BCUT2D eigenvalue weighted by molar-refractivity contribution is 0.0968. The van der Waals surface area contributed by atoms with E-state index in [1.54, 1.807) is 7.11 Å². The molecule has 150 valence electrons. The summed E-state index contributed by atoms with van der Waals surface area (Å²) >= 11 is 6.54. The lowest BCUT2D eigenvalue weighted by Crippen LogP contribution is -2.34. The minimum atomic E-state index is -0.219. The van der Waals surface area contributed by atoms with Gasteiger partial charge in [0.2, 0.25) is 0 Å². The van der Waals surface area contributed by atoms with Crippen LogP contribution >= 0.6 is 11.6 Å². The summed E-state index contributed by atoms with van der Waals surface area (Å²) in [5, 5.41) is 1.54. The third-order valence-corrected chi connectivity index (χ3v) is 6.17. The fourth-order valence-electron chi connectivity index (χ4n) is 4.41. The Bertz CT molecular complexity index is 1150. The molecular formula is C23H22ClNO4. The molecule has 3 aromatic rings. The van der Waals surface area contributed by atoms with E-state index in [4.69, 9.17) is 25.5 Å². The summed E-state index contributed by atoms with van der Waals surface area (Å²) < 4.78 is 17.0. The van der Waals surface area contributed by atoms with Crippen molar-refractivity contribution >= 4 is 22.6 Å². The zero-order valence-corrected chi connectivity index (χ0v) is 17.1. The SMILES string of the molecule is COc1cccc(CCN2COc3c(Cl)cc4c5c(c(=O)oc4c3C2)CCC5)c1. The van der Waals surface area contributed by atoms with Gasteiger partial charge in [0.15, 0.2) is 0 Å². The predicted molar refractivity (Wildman–Crippen MR) is 112 cm³/mol. The molecule has 6 heteroatoms. The maximum atomic E-state index is 12.5. The van der Waals surface area contributed by atoms with E-state index in [-0.39, 0.29) is 5.63 Å². The molecule has 1 aliphatic carbocycles. The van der Waals surface area contributed by atoms with E-state index in [1.165, 1.54) is 5.56 Å². The fourth-order valence-corrected chi connectivity index (χ4v) is 4.69. The van der Waals surface area contributed by atoms with Crippen molar-refractivity contribution < 1.29 is 13.9 Å². The normalized spacial score (nSPS) is 15.8. The molecule has 0 unspecified atom stereocenters. The number of hydrogen-bond donors (Lipinski definition) is 0. The van der Waals surface area contributed by atoms with Gasteiger partial charge in [0, 0.05) is 24.0 Å². The van der Waals surface area contributed by atoms with Crippen LogP contribution in [0.25, 0.3) is 11.0 Å². The molecule has 1 aliphatic heterocycles. The van der Waals surface area contributed by atoms with Crippen LogP contribution in [0.5, 0.6) is 11.5 Å². The Labute approximate surface area is 173 Å². The van der Waals surface area contributed by atoms with Crippen LogP contribution < -0.4 is 15.1 Å². The number of benzene rings is 2. The number of rotatable bonds is 4. The first-order valence-corrected chi connectivity index (χ1v) is 10.3. The van der Waals surface area contributed by atoms with E-state index in [1.807, 2.05) is 24.3 Å². The van der Waals surface area contributed by atoms with Gasteiger partial charge in [-0.05, 0) is 55.0 Å². The van der Waals surface area contributed by atoms with Gasteiger partial charge in [-0.2, -0.15) is 0 Å². The first kappa shape index (κ1) is 18.5. The molecule has 0 radical (unpaired) electrons. The Hall–Kier alpha value is -2.50. The highest BCUT2D eigenvalue weighted by molar-refractivity contribution is 6.33. The highest BCUT2D eigenvalue weighted by Gasteiger charge is 2.27. The lowest BCUT2D eigenvalue weighted by atomic mass is 10.0. The molecule has 0 amide bonds. The van der Waals surface area contributed by atoms with Crippen LogP contribution in [-0.4, -0.2) is 25.3 Å². The number of halogens is 1. The van der Waals surface area contributed by atoms with Crippen LogP contribution in [0.2, 0.25) is 5.02 Å². The fraction of sp³-hybridized carbons (Fsp3) is 0.348. The first-order chi connectivity index (χ1) is 14.1. The Morgan fingerprint density at radius 2 is 2.03 bits per heavy atom. The van der Waals surface area contributed by atoms with Gasteiger partial charge in [-0.3, -0.25) is 4.90 Å². The molecule has 0 atom stereocenters. The molecule has 2 aromatic carbocycles. The second-order valence-electron chi connectivity index (χ2n) is 7.67. The second-order valence-corrected chi connectivity index (χ2v) is 8.08. The Morgan fingerprint density at radius 1 is 1.17 bits per heavy atom. The van der Waals surface area contributed by atoms with Crippen LogP contribution in [0.1, 0.15) is 28.7 Å². The van der Waals surface area contributed by atoms with Crippen molar-refractivity contribution in [2.75, 3.05) is 20.4 Å². The summed E-state index contributed by atoms with van der Waals surface area (Å²) in [4.78, 5) is 14.7. The highest BCUT2D eigenvalue weighted by atomic mass is 35.5. The summed E-state index contributed by atoms with van der Waals surface area (Å²) in [6.07, 6.45) is 3.53. The van der Waals surface area contributed by atoms with Gasteiger partial charge < -0.3 is 13.9 Å². The summed E-state index contributed by atoms with van der Waals surface area (Å²) in [6.45, 7) is 1.91. The summed E-state index contributed by atoms with van der Waals surface area (Å²) in [5.41, 5.74) is 4.38. The van der Waals surface area contributed by atoms with Crippen molar-refractivity contribution in [2.24, 2.45) is 0 Å². The third kappa shape index (κ3) is 3.28. The molecular weight excluding hydrogens is 390 g/mol. The third-order valence-electron chi connectivity index (χ3n) is 5.89. The van der Waals surface area contributed by atoms with E-state index >= 15 is 0 Å². The first-order valence-electron chi connectivity index (χ1n) is 9.92. The van der Waals surface area contributed by atoms with E-state index in [0.29, 0.717) is 29.6 Å². The van der Waals surface area contributed by atoms with E-state index in [0.717, 1.165) is 60.1 Å². The topological polar surface area (TPSA) is 51.9 Å². The highest BCUT2D eigenvalue weighted by Crippen LogP contribution is 2.41. The van der Waals surface area contributed by atoms with E-state index in [9.17, 15) is 4.79 Å². The molecule has 0 fully saturated rings. The molecule has 2 heterocycles. The van der Waals surface area contributed by atoms with Crippen LogP contribution in [-0.2, 0) is 25.8 Å². The van der Waals surface area contributed by atoms with Gasteiger partial charge in [-0.1, -0.05) is 23.7 Å². The quantitative estimate of drug-likeness (QED) is 0.598. The maximum Gasteiger partial charge on any atom is 0.339 e. The van der Waals surface area contributed by atoms with E-state index < -0.39 is 0 Å². The number of hydrogen-bond acceptors (Lipinski definition) is 5. The van der Waals surface area contributed by atoms with Crippen LogP contribution in [0, 0.1) is 0 Å². The number of fused-ring (bicyclic) bond motifs is 5. The van der Waals surface area contributed by atoms with Crippen molar-refractivity contribution in [3.63, 3.8) is 0 Å². The Kier molecular flexibility index (Phi) is 4.72.